The fourth-order valence-electron chi connectivity index (χ4n) is 1.67. The van der Waals surface area contributed by atoms with E-state index in [0.29, 0.717) is 12.8 Å². The Balaban J connectivity index is 2.55. The minimum absolute atomic E-state index is 0.0506. The second kappa shape index (κ2) is 4.29. The van der Waals surface area contributed by atoms with Crippen LogP contribution in [0.1, 0.15) is 26.2 Å². The molecular weight excluding hydrogens is 202 g/mol. The zero-order valence-corrected chi connectivity index (χ0v) is 9.51. The van der Waals surface area contributed by atoms with Crippen LogP contribution in [-0.2, 0) is 14.6 Å². The number of hydrogen-bond acceptors (Lipinski definition) is 3. The Morgan fingerprint density at radius 2 is 2.14 bits per heavy atom. The maximum absolute atomic E-state index is 11.5. The van der Waals surface area contributed by atoms with Gasteiger partial charge in [0.2, 0.25) is 5.91 Å². The summed E-state index contributed by atoms with van der Waals surface area (Å²) in [5.74, 6) is 0.412. The summed E-state index contributed by atoms with van der Waals surface area (Å²) in [7, 11) is -1.18. The molecule has 1 amide bonds. The van der Waals surface area contributed by atoms with Crippen molar-refractivity contribution < 1.29 is 13.2 Å². The van der Waals surface area contributed by atoms with Crippen LogP contribution in [-0.4, -0.2) is 43.8 Å². The van der Waals surface area contributed by atoms with Crippen molar-refractivity contribution in [1.82, 2.24) is 4.90 Å². The maximum Gasteiger partial charge on any atom is 0.222 e. The second-order valence-electron chi connectivity index (χ2n) is 3.81. The lowest BCUT2D eigenvalue weighted by atomic mass is 10.2. The second-order valence-corrected chi connectivity index (χ2v) is 6.04. The van der Waals surface area contributed by atoms with Crippen molar-refractivity contribution in [2.75, 3.05) is 18.6 Å². The minimum Gasteiger partial charge on any atom is -0.342 e. The molecule has 0 saturated carbocycles. The maximum atomic E-state index is 11.5. The molecule has 5 heteroatoms. The van der Waals surface area contributed by atoms with Gasteiger partial charge >= 0.3 is 0 Å². The smallest absolute Gasteiger partial charge is 0.222 e. The van der Waals surface area contributed by atoms with E-state index in [4.69, 9.17) is 0 Å². The first-order chi connectivity index (χ1) is 6.46. The van der Waals surface area contributed by atoms with Crippen LogP contribution in [0.4, 0.5) is 0 Å². The highest BCUT2D eigenvalue weighted by molar-refractivity contribution is 7.91. The van der Waals surface area contributed by atoms with Gasteiger partial charge in [-0.1, -0.05) is 6.92 Å². The Labute approximate surface area is 85.2 Å². The number of sulfone groups is 1. The van der Waals surface area contributed by atoms with Gasteiger partial charge in [-0.3, -0.25) is 4.79 Å². The molecule has 1 aliphatic rings. The van der Waals surface area contributed by atoms with Gasteiger partial charge in [0, 0.05) is 19.5 Å². The summed E-state index contributed by atoms with van der Waals surface area (Å²) in [6.45, 7) is 1.94. The summed E-state index contributed by atoms with van der Waals surface area (Å²) in [5, 5.41) is 0. The van der Waals surface area contributed by atoms with Crippen LogP contribution < -0.4 is 0 Å². The molecule has 4 nitrogen and oxygen atoms in total. The average Bonchev–Trinajstić information content (AvgIpc) is 2.45. The fraction of sp³-hybridized carbons (Fsp3) is 0.889. The molecule has 0 aromatic rings. The molecule has 1 aliphatic heterocycles. The topological polar surface area (TPSA) is 54.5 Å². The predicted octanol–water partition coefficient (Wildman–Crippen LogP) is 0.432. The zero-order valence-electron chi connectivity index (χ0n) is 8.69. The van der Waals surface area contributed by atoms with Crippen LogP contribution in [0, 0.1) is 0 Å². The Morgan fingerprint density at radius 1 is 1.50 bits per heavy atom. The first kappa shape index (κ1) is 11.5. The quantitative estimate of drug-likeness (QED) is 0.691. The lowest BCUT2D eigenvalue weighted by molar-refractivity contribution is -0.131. The van der Waals surface area contributed by atoms with Gasteiger partial charge in [0.05, 0.1) is 11.5 Å². The number of amides is 1. The lowest BCUT2D eigenvalue weighted by Gasteiger charge is -2.23. The third-order valence-electron chi connectivity index (χ3n) is 2.61. The molecule has 0 bridgehead atoms. The van der Waals surface area contributed by atoms with E-state index in [1.54, 1.807) is 11.9 Å². The third kappa shape index (κ3) is 2.70. The molecule has 1 atom stereocenters. The summed E-state index contributed by atoms with van der Waals surface area (Å²) in [5.41, 5.74) is 0. The van der Waals surface area contributed by atoms with Crippen molar-refractivity contribution in [2.45, 2.75) is 32.2 Å². The molecule has 0 N–H and O–H groups in total. The van der Waals surface area contributed by atoms with E-state index >= 15 is 0 Å². The predicted molar refractivity (Wildman–Crippen MR) is 54.7 cm³/mol. The van der Waals surface area contributed by atoms with Gasteiger partial charge in [0.15, 0.2) is 9.84 Å². The Kier molecular flexibility index (Phi) is 3.53. The van der Waals surface area contributed by atoms with Crippen LogP contribution in [0.3, 0.4) is 0 Å². The number of carbonyl (C=O) groups is 1. The van der Waals surface area contributed by atoms with Crippen molar-refractivity contribution in [2.24, 2.45) is 0 Å². The number of nitrogens with zero attached hydrogens (tertiary/aromatic N) is 1. The summed E-state index contributed by atoms with van der Waals surface area (Å²) in [6, 6.07) is -0.0981. The van der Waals surface area contributed by atoms with E-state index in [-0.39, 0.29) is 23.5 Å². The Morgan fingerprint density at radius 3 is 2.57 bits per heavy atom. The standard InChI is InChI=1S/C9H17NO3S/c1-3-4-9(11)10(2)8-5-6-14(12,13)7-8/h8H,3-7H2,1-2H3. The van der Waals surface area contributed by atoms with E-state index < -0.39 is 9.84 Å². The number of carbonyl (C=O) groups excluding carboxylic acids is 1. The molecule has 1 fully saturated rings. The van der Waals surface area contributed by atoms with E-state index in [9.17, 15) is 13.2 Å². The Hall–Kier alpha value is -0.580. The monoisotopic (exact) mass is 219 g/mol. The largest absolute Gasteiger partial charge is 0.342 e. The van der Waals surface area contributed by atoms with Crippen molar-refractivity contribution in [3.8, 4) is 0 Å². The molecule has 0 aromatic carbocycles. The highest BCUT2D eigenvalue weighted by atomic mass is 32.2. The van der Waals surface area contributed by atoms with Crippen LogP contribution in [0.5, 0.6) is 0 Å². The van der Waals surface area contributed by atoms with Gasteiger partial charge in [-0.05, 0) is 12.8 Å². The Bertz CT molecular complexity index is 310. The van der Waals surface area contributed by atoms with Crippen LogP contribution in [0.15, 0.2) is 0 Å². The first-order valence-electron chi connectivity index (χ1n) is 4.92. The van der Waals surface area contributed by atoms with E-state index in [1.807, 2.05) is 6.92 Å². The number of rotatable bonds is 3. The molecule has 0 aromatic heterocycles. The lowest BCUT2D eigenvalue weighted by Crippen LogP contribution is -2.37. The summed E-state index contributed by atoms with van der Waals surface area (Å²) >= 11 is 0. The minimum atomic E-state index is -2.88. The molecule has 0 aliphatic carbocycles. The van der Waals surface area contributed by atoms with E-state index in [2.05, 4.69) is 0 Å². The zero-order chi connectivity index (χ0) is 10.8. The fourth-order valence-corrected chi connectivity index (χ4v) is 3.45. The van der Waals surface area contributed by atoms with Gasteiger partial charge in [-0.15, -0.1) is 0 Å². The summed E-state index contributed by atoms with van der Waals surface area (Å²) < 4.78 is 22.4. The molecule has 1 rings (SSSR count). The highest BCUT2D eigenvalue weighted by Gasteiger charge is 2.32. The molecule has 82 valence electrons. The molecule has 14 heavy (non-hydrogen) atoms. The van der Waals surface area contributed by atoms with E-state index in [0.717, 1.165) is 6.42 Å². The van der Waals surface area contributed by atoms with Crippen LogP contribution in [0.2, 0.25) is 0 Å². The molecule has 1 unspecified atom stereocenters. The molecule has 1 saturated heterocycles. The molecule has 0 radical (unpaired) electrons. The van der Waals surface area contributed by atoms with Crippen LogP contribution >= 0.6 is 0 Å². The van der Waals surface area contributed by atoms with Crippen molar-refractivity contribution in [3.05, 3.63) is 0 Å². The molecule has 1 heterocycles. The highest BCUT2D eigenvalue weighted by Crippen LogP contribution is 2.17. The van der Waals surface area contributed by atoms with Gasteiger partial charge in [0.1, 0.15) is 0 Å². The normalized spacial score (nSPS) is 24.9. The van der Waals surface area contributed by atoms with Crippen molar-refractivity contribution in [1.29, 1.82) is 0 Å². The average molecular weight is 219 g/mol. The number of hydrogen-bond donors (Lipinski definition) is 0. The van der Waals surface area contributed by atoms with Gasteiger partial charge in [-0.25, -0.2) is 8.42 Å². The SMILES string of the molecule is CCCC(=O)N(C)C1CCS(=O)(=O)C1. The molecular formula is C9H17NO3S. The van der Waals surface area contributed by atoms with E-state index in [1.165, 1.54) is 0 Å². The van der Waals surface area contributed by atoms with Crippen molar-refractivity contribution >= 4 is 15.7 Å². The summed E-state index contributed by atoms with van der Waals surface area (Å²) in [4.78, 5) is 13.1. The third-order valence-corrected chi connectivity index (χ3v) is 4.36. The first-order valence-corrected chi connectivity index (χ1v) is 6.74. The van der Waals surface area contributed by atoms with Crippen LogP contribution in [0.25, 0.3) is 0 Å². The van der Waals surface area contributed by atoms with Gasteiger partial charge < -0.3 is 4.90 Å². The summed E-state index contributed by atoms with van der Waals surface area (Å²) in [6.07, 6.45) is 1.91. The van der Waals surface area contributed by atoms with Crippen molar-refractivity contribution in [3.63, 3.8) is 0 Å². The van der Waals surface area contributed by atoms with Gasteiger partial charge in [0.25, 0.3) is 0 Å². The van der Waals surface area contributed by atoms with Gasteiger partial charge in [-0.2, -0.15) is 0 Å². The molecule has 0 spiro atoms.